The van der Waals surface area contributed by atoms with E-state index < -0.39 is 78.5 Å². The molecule has 0 aromatic carbocycles. The van der Waals surface area contributed by atoms with Crippen LogP contribution in [0.4, 0.5) is 0 Å². The van der Waals surface area contributed by atoms with Crippen molar-refractivity contribution < 1.29 is 57.0 Å². The van der Waals surface area contributed by atoms with Crippen molar-refractivity contribution in [3.05, 3.63) is 0 Å². The SMILES string of the molecule is CCCCCCCCCCCCCCCCCCCCCCCCC(O)C(=O)NC(COC1OC(CO)C(O)C(OS(=O)(=O)O)C1O)C(O)CCCCCCCCCCCCCCCCC. The molecule has 0 aromatic heterocycles. The van der Waals surface area contributed by atoms with E-state index in [1.165, 1.54) is 186 Å². The first-order valence-corrected chi connectivity index (χ1v) is 28.9. The molecule has 8 atom stereocenters. The molecule has 1 amide bonds. The van der Waals surface area contributed by atoms with Crippen LogP contribution in [0.3, 0.4) is 0 Å². The van der Waals surface area contributed by atoms with Gasteiger partial charge in [-0.3, -0.25) is 9.35 Å². The molecule has 0 radical (unpaired) electrons. The summed E-state index contributed by atoms with van der Waals surface area (Å²) in [7, 11) is -5.11. The van der Waals surface area contributed by atoms with Gasteiger partial charge in [0.25, 0.3) is 0 Å². The Kier molecular flexibility index (Phi) is 41.0. The Morgan fingerprint density at radius 1 is 0.545 bits per heavy atom. The van der Waals surface area contributed by atoms with Gasteiger partial charge in [0, 0.05) is 0 Å². The molecule has 0 aromatic rings. The topological polar surface area (TPSA) is 212 Å². The molecule has 1 aliphatic heterocycles. The Morgan fingerprint density at radius 3 is 1.21 bits per heavy atom. The number of carbonyl (C=O) groups is 1. The molecule has 1 rings (SSSR count). The fourth-order valence-corrected chi connectivity index (χ4v) is 9.68. The van der Waals surface area contributed by atoms with E-state index in [-0.39, 0.29) is 6.42 Å². The third-order valence-electron chi connectivity index (χ3n) is 13.5. The summed E-state index contributed by atoms with van der Waals surface area (Å²) in [6.45, 7) is 3.32. The van der Waals surface area contributed by atoms with Crippen LogP contribution in [0.25, 0.3) is 0 Å². The van der Waals surface area contributed by atoms with Crippen LogP contribution in [0.1, 0.15) is 264 Å². The van der Waals surface area contributed by atoms with Gasteiger partial charge in [0.1, 0.15) is 30.5 Å². The number of aliphatic hydroxyl groups is 5. The Labute approximate surface area is 403 Å². The minimum atomic E-state index is -5.11. The zero-order chi connectivity index (χ0) is 48.5. The number of nitrogens with one attached hydrogen (secondary N) is 1. The van der Waals surface area contributed by atoms with Crippen molar-refractivity contribution in [2.24, 2.45) is 0 Å². The molecule has 0 saturated carbocycles. The van der Waals surface area contributed by atoms with Crippen molar-refractivity contribution in [3.8, 4) is 0 Å². The number of unbranched alkanes of at least 4 members (excludes halogenated alkanes) is 35. The van der Waals surface area contributed by atoms with Gasteiger partial charge in [0.15, 0.2) is 6.29 Å². The van der Waals surface area contributed by atoms with Gasteiger partial charge >= 0.3 is 10.4 Å². The van der Waals surface area contributed by atoms with Crippen LogP contribution in [0.15, 0.2) is 0 Å². The van der Waals surface area contributed by atoms with Gasteiger partial charge in [-0.1, -0.05) is 251 Å². The van der Waals surface area contributed by atoms with Gasteiger partial charge in [0.2, 0.25) is 5.91 Å². The van der Waals surface area contributed by atoms with Crippen molar-refractivity contribution in [1.29, 1.82) is 0 Å². The summed E-state index contributed by atoms with van der Waals surface area (Å²) in [6.07, 6.45) is 35.7. The summed E-state index contributed by atoms with van der Waals surface area (Å²) in [4.78, 5) is 13.2. The first-order chi connectivity index (χ1) is 31.9. The third-order valence-corrected chi connectivity index (χ3v) is 14.0. The largest absolute Gasteiger partial charge is 0.397 e. The fraction of sp³-hybridized carbons (Fsp3) is 0.981. The lowest BCUT2D eigenvalue weighted by molar-refractivity contribution is -0.298. The Morgan fingerprint density at radius 2 is 0.879 bits per heavy atom. The molecule has 1 saturated heterocycles. The van der Waals surface area contributed by atoms with Gasteiger partial charge in [-0.05, 0) is 12.8 Å². The second kappa shape index (κ2) is 42.9. The monoisotopic (exact) mass is 966 g/mol. The molecule has 8 unspecified atom stereocenters. The molecule has 7 N–H and O–H groups in total. The zero-order valence-corrected chi connectivity index (χ0v) is 43.0. The molecule has 0 aliphatic carbocycles. The van der Waals surface area contributed by atoms with Crippen LogP contribution in [0.5, 0.6) is 0 Å². The van der Waals surface area contributed by atoms with Gasteiger partial charge < -0.3 is 40.3 Å². The molecule has 0 spiro atoms. The molecule has 0 bridgehead atoms. The van der Waals surface area contributed by atoms with Crippen molar-refractivity contribution in [3.63, 3.8) is 0 Å². The molecule has 14 heteroatoms. The van der Waals surface area contributed by atoms with Crippen LogP contribution >= 0.6 is 0 Å². The first kappa shape index (κ1) is 63.1. The Balaban J connectivity index is 2.41. The van der Waals surface area contributed by atoms with E-state index in [0.717, 1.165) is 38.5 Å². The highest BCUT2D eigenvalue weighted by Crippen LogP contribution is 2.26. The highest BCUT2D eigenvalue weighted by molar-refractivity contribution is 7.80. The molecule has 1 heterocycles. The molecular weight excluding hydrogens is 863 g/mol. The molecule has 66 heavy (non-hydrogen) atoms. The zero-order valence-electron chi connectivity index (χ0n) is 42.2. The summed E-state index contributed by atoms with van der Waals surface area (Å²) in [5.74, 6) is -0.663. The van der Waals surface area contributed by atoms with Gasteiger partial charge in [-0.25, -0.2) is 4.18 Å². The fourth-order valence-electron chi connectivity index (χ4n) is 9.17. The second-order valence-electron chi connectivity index (χ2n) is 19.7. The Hall–Kier alpha value is -0.940. The van der Waals surface area contributed by atoms with E-state index in [2.05, 4.69) is 23.3 Å². The van der Waals surface area contributed by atoms with Gasteiger partial charge in [-0.15, -0.1) is 0 Å². The van der Waals surface area contributed by atoms with Gasteiger partial charge in [0.05, 0.1) is 25.4 Å². The highest BCUT2D eigenvalue weighted by atomic mass is 32.3. The predicted molar refractivity (Wildman–Crippen MR) is 265 cm³/mol. The van der Waals surface area contributed by atoms with E-state index in [1.807, 2.05) is 0 Å². The maximum absolute atomic E-state index is 13.2. The van der Waals surface area contributed by atoms with Crippen molar-refractivity contribution in [1.82, 2.24) is 5.32 Å². The second-order valence-corrected chi connectivity index (χ2v) is 20.7. The maximum Gasteiger partial charge on any atom is 0.397 e. The number of aliphatic hydroxyl groups excluding tert-OH is 5. The lowest BCUT2D eigenvalue weighted by atomic mass is 9.99. The summed E-state index contributed by atoms with van der Waals surface area (Å²) in [5.41, 5.74) is 0. The molecule has 1 fully saturated rings. The number of hydrogen-bond donors (Lipinski definition) is 7. The highest BCUT2D eigenvalue weighted by Gasteiger charge is 2.48. The quantitative estimate of drug-likeness (QED) is 0.0224. The van der Waals surface area contributed by atoms with Gasteiger partial charge in [-0.2, -0.15) is 8.42 Å². The number of rotatable bonds is 48. The smallest absolute Gasteiger partial charge is 0.394 e. The van der Waals surface area contributed by atoms with E-state index in [4.69, 9.17) is 9.47 Å². The lowest BCUT2D eigenvalue weighted by Crippen LogP contribution is -2.61. The van der Waals surface area contributed by atoms with Crippen LogP contribution in [-0.4, -0.2) is 107 Å². The summed E-state index contributed by atoms with van der Waals surface area (Å²) in [5, 5.41) is 55.6. The van der Waals surface area contributed by atoms with Crippen molar-refractivity contribution >= 4 is 16.3 Å². The molecular formula is C52H103NO12S. The normalized spacial score (nSPS) is 20.4. The van der Waals surface area contributed by atoms with Crippen LogP contribution in [0.2, 0.25) is 0 Å². The van der Waals surface area contributed by atoms with E-state index in [1.54, 1.807) is 0 Å². The number of carbonyl (C=O) groups excluding carboxylic acids is 1. The van der Waals surface area contributed by atoms with Crippen LogP contribution in [0, 0.1) is 0 Å². The van der Waals surface area contributed by atoms with Crippen molar-refractivity contribution in [2.45, 2.75) is 313 Å². The maximum atomic E-state index is 13.2. The summed E-state index contributed by atoms with van der Waals surface area (Å²) < 4.78 is 47.7. The average Bonchev–Trinajstić information content (AvgIpc) is 3.29. The van der Waals surface area contributed by atoms with Crippen molar-refractivity contribution in [2.75, 3.05) is 13.2 Å². The number of amides is 1. The summed E-state index contributed by atoms with van der Waals surface area (Å²) in [6, 6.07) is -1.03. The minimum absolute atomic E-state index is 0.267. The average molecular weight is 966 g/mol. The number of hydrogen-bond acceptors (Lipinski definition) is 11. The first-order valence-electron chi connectivity index (χ1n) is 27.5. The van der Waals surface area contributed by atoms with E-state index >= 15 is 0 Å². The van der Waals surface area contributed by atoms with E-state index in [9.17, 15) is 43.3 Å². The predicted octanol–water partition coefficient (Wildman–Crippen LogP) is 11.1. The van der Waals surface area contributed by atoms with Crippen LogP contribution < -0.4 is 5.32 Å². The lowest BCUT2D eigenvalue weighted by Gasteiger charge is -2.41. The number of ether oxygens (including phenoxy) is 2. The minimum Gasteiger partial charge on any atom is -0.394 e. The molecule has 394 valence electrons. The standard InChI is InChI=1S/C52H103NO12S/c1-3-5-7-9-11-13-15-17-19-20-21-22-23-24-25-27-29-31-33-35-37-39-41-46(56)51(59)53-44(43-63-52-49(58)50(65-66(60,61)62)48(57)47(42-54)64-52)45(55)40-38-36-34-32-30-28-26-18-16-14-12-10-8-6-4-2/h44-50,52,54-58H,3-43H2,1-2H3,(H,53,59)(H,60,61,62). The molecule has 13 nitrogen and oxygen atoms in total. The van der Waals surface area contributed by atoms with Crippen LogP contribution in [-0.2, 0) is 28.9 Å². The Bertz CT molecular complexity index is 1200. The van der Waals surface area contributed by atoms with E-state index in [0.29, 0.717) is 19.3 Å². The summed E-state index contributed by atoms with van der Waals surface area (Å²) >= 11 is 0. The third kappa shape index (κ3) is 34.4. The molecule has 1 aliphatic rings.